The van der Waals surface area contributed by atoms with Crippen LogP contribution in [-0.2, 0) is 11.4 Å². The largest absolute Gasteiger partial charge is 0.465 e. The molecule has 3 aromatic carbocycles. The second-order valence-corrected chi connectivity index (χ2v) is 8.88. The third kappa shape index (κ3) is 3.83. The van der Waals surface area contributed by atoms with Gasteiger partial charge in [-0.3, -0.25) is 14.4 Å². The number of carboxylic acid groups (broad SMARTS) is 1. The summed E-state index contributed by atoms with van der Waals surface area (Å²) in [4.78, 5) is 45.2. The van der Waals surface area contributed by atoms with Gasteiger partial charge < -0.3 is 15.3 Å². The van der Waals surface area contributed by atoms with Crippen molar-refractivity contribution in [2.75, 3.05) is 18.0 Å². The lowest BCUT2D eigenvalue weighted by atomic mass is 9.93. The molecule has 0 radical (unpaired) electrons. The van der Waals surface area contributed by atoms with Gasteiger partial charge in [0.2, 0.25) is 0 Å². The Morgan fingerprint density at radius 2 is 1.85 bits per heavy atom. The molecule has 5 rings (SSSR count). The van der Waals surface area contributed by atoms with Crippen molar-refractivity contribution in [1.29, 1.82) is 0 Å². The van der Waals surface area contributed by atoms with E-state index in [1.807, 2.05) is 36.4 Å². The van der Waals surface area contributed by atoms with Crippen molar-refractivity contribution in [3.63, 3.8) is 0 Å². The lowest BCUT2D eigenvalue weighted by Crippen LogP contribution is -2.40. The number of anilines is 1. The summed E-state index contributed by atoms with van der Waals surface area (Å²) in [5.41, 5.74) is 2.45. The second-order valence-electron chi connectivity index (χ2n) is 8.03. The van der Waals surface area contributed by atoms with Crippen LogP contribution in [0, 0.1) is 0 Å². The summed E-state index contributed by atoms with van der Waals surface area (Å²) >= 11 is 3.60. The number of hydrogen-bond donors (Lipinski definition) is 2. The number of halogens is 1. The van der Waals surface area contributed by atoms with E-state index >= 15 is 0 Å². The fourth-order valence-corrected chi connectivity index (χ4v) is 5.19. The van der Waals surface area contributed by atoms with Crippen LogP contribution in [-0.4, -0.2) is 47.2 Å². The van der Waals surface area contributed by atoms with Crippen LogP contribution < -0.4 is 10.2 Å². The third-order valence-corrected chi connectivity index (χ3v) is 6.56. The topological polar surface area (TPSA) is 99.2 Å². The SMILES string of the molecule is O=C(O)N[C@H]1CCN(c2c(Br)cc3c4c(cccc24)C(=O)N(OCc2ccccc2)C3=O)C1. The molecule has 2 aliphatic heterocycles. The molecule has 2 heterocycles. The van der Waals surface area contributed by atoms with Gasteiger partial charge in [-0.05, 0) is 40.0 Å². The van der Waals surface area contributed by atoms with Crippen molar-refractivity contribution in [1.82, 2.24) is 10.4 Å². The molecule has 0 unspecified atom stereocenters. The first-order valence-electron chi connectivity index (χ1n) is 10.5. The molecule has 0 saturated carbocycles. The van der Waals surface area contributed by atoms with Crippen LogP contribution in [0.3, 0.4) is 0 Å². The van der Waals surface area contributed by atoms with Gasteiger partial charge in [0, 0.05) is 28.3 Å². The summed E-state index contributed by atoms with van der Waals surface area (Å²) in [5, 5.41) is 13.7. The lowest BCUT2D eigenvalue weighted by molar-refractivity contribution is -0.104. The zero-order valence-electron chi connectivity index (χ0n) is 17.5. The molecular weight excluding hydrogens is 490 g/mol. The minimum Gasteiger partial charge on any atom is -0.465 e. The highest BCUT2D eigenvalue weighted by atomic mass is 79.9. The molecule has 3 aromatic rings. The van der Waals surface area contributed by atoms with Gasteiger partial charge in [-0.25, -0.2) is 4.79 Å². The maximum atomic E-state index is 13.3. The Labute approximate surface area is 197 Å². The highest BCUT2D eigenvalue weighted by Gasteiger charge is 2.36. The number of carbonyl (C=O) groups excluding carboxylic acids is 2. The monoisotopic (exact) mass is 509 g/mol. The van der Waals surface area contributed by atoms with Gasteiger partial charge in [0.05, 0.1) is 22.9 Å². The number of benzene rings is 3. The van der Waals surface area contributed by atoms with E-state index in [2.05, 4.69) is 26.1 Å². The van der Waals surface area contributed by atoms with Crippen molar-refractivity contribution < 1.29 is 24.3 Å². The number of hydrogen-bond acceptors (Lipinski definition) is 5. The number of nitrogens with zero attached hydrogens (tertiary/aromatic N) is 2. The third-order valence-electron chi connectivity index (χ3n) is 5.95. The van der Waals surface area contributed by atoms with Crippen molar-refractivity contribution in [3.05, 3.63) is 75.8 Å². The van der Waals surface area contributed by atoms with Gasteiger partial charge in [-0.2, -0.15) is 0 Å². The highest BCUT2D eigenvalue weighted by molar-refractivity contribution is 9.10. The van der Waals surface area contributed by atoms with E-state index in [9.17, 15) is 14.4 Å². The summed E-state index contributed by atoms with van der Waals surface area (Å²) in [6, 6.07) is 16.2. The normalized spacial score (nSPS) is 17.7. The quantitative estimate of drug-likeness (QED) is 0.500. The molecule has 2 aliphatic rings. The van der Waals surface area contributed by atoms with Crippen LogP contribution in [0.25, 0.3) is 10.8 Å². The van der Waals surface area contributed by atoms with E-state index in [4.69, 9.17) is 9.94 Å². The second kappa shape index (κ2) is 8.49. The number of rotatable bonds is 5. The van der Waals surface area contributed by atoms with Gasteiger partial charge in [0.25, 0.3) is 11.8 Å². The Morgan fingerprint density at radius 3 is 2.61 bits per heavy atom. The van der Waals surface area contributed by atoms with E-state index in [1.54, 1.807) is 18.2 Å². The minimum atomic E-state index is -1.05. The van der Waals surface area contributed by atoms with Crippen molar-refractivity contribution >= 4 is 50.3 Å². The smallest absolute Gasteiger partial charge is 0.404 e. The Hall–Kier alpha value is -3.43. The Bertz CT molecular complexity index is 1280. The maximum Gasteiger partial charge on any atom is 0.404 e. The molecule has 9 heteroatoms. The van der Waals surface area contributed by atoms with E-state index in [1.165, 1.54) is 0 Å². The lowest BCUT2D eigenvalue weighted by Gasteiger charge is -2.29. The molecule has 0 spiro atoms. The van der Waals surface area contributed by atoms with Gasteiger partial charge in [-0.1, -0.05) is 42.5 Å². The zero-order valence-corrected chi connectivity index (χ0v) is 19.0. The maximum absolute atomic E-state index is 13.3. The molecule has 0 aliphatic carbocycles. The molecular formula is C24H20BrN3O5. The molecule has 1 atom stereocenters. The van der Waals surface area contributed by atoms with Crippen LogP contribution in [0.4, 0.5) is 10.5 Å². The van der Waals surface area contributed by atoms with Crippen molar-refractivity contribution in [2.24, 2.45) is 0 Å². The van der Waals surface area contributed by atoms with Gasteiger partial charge in [0.15, 0.2) is 0 Å². The van der Waals surface area contributed by atoms with E-state index in [0.29, 0.717) is 40.5 Å². The van der Waals surface area contributed by atoms with Crippen LogP contribution in [0.5, 0.6) is 0 Å². The predicted molar refractivity (Wildman–Crippen MR) is 125 cm³/mol. The number of amides is 3. The summed E-state index contributed by atoms with van der Waals surface area (Å²) in [7, 11) is 0. The number of nitrogens with one attached hydrogen (secondary N) is 1. The number of hydroxylamine groups is 2. The zero-order chi connectivity index (χ0) is 23.1. The van der Waals surface area contributed by atoms with Crippen molar-refractivity contribution in [3.8, 4) is 0 Å². The molecule has 2 N–H and O–H groups in total. The standard InChI is InChI=1S/C24H20BrN3O5/c25-19-11-18-20-16(21(19)27-10-9-15(12-27)26-24(31)32)7-4-8-17(20)22(29)28(23(18)30)33-13-14-5-2-1-3-6-14/h1-8,11,15,26H,9-10,12-13H2,(H,31,32)/t15-/m0/s1. The van der Waals surface area contributed by atoms with Crippen LogP contribution >= 0.6 is 15.9 Å². The van der Waals surface area contributed by atoms with E-state index < -0.39 is 17.9 Å². The fraction of sp³-hybridized carbons (Fsp3) is 0.208. The van der Waals surface area contributed by atoms with Crippen LogP contribution in [0.15, 0.2) is 59.1 Å². The van der Waals surface area contributed by atoms with Gasteiger partial charge >= 0.3 is 6.09 Å². The first-order chi connectivity index (χ1) is 15.9. The molecule has 168 valence electrons. The molecule has 3 amide bonds. The van der Waals surface area contributed by atoms with E-state index in [0.717, 1.165) is 21.7 Å². The molecule has 1 saturated heterocycles. The number of carbonyl (C=O) groups is 3. The molecule has 8 nitrogen and oxygen atoms in total. The summed E-state index contributed by atoms with van der Waals surface area (Å²) in [5.74, 6) is -1.02. The first kappa shape index (κ1) is 21.4. The minimum absolute atomic E-state index is 0.0919. The average Bonchev–Trinajstić information content (AvgIpc) is 3.24. The van der Waals surface area contributed by atoms with Crippen LogP contribution in [0.1, 0.15) is 32.7 Å². The average molecular weight is 510 g/mol. The van der Waals surface area contributed by atoms with Gasteiger partial charge in [0.1, 0.15) is 6.61 Å². The molecule has 0 bridgehead atoms. The predicted octanol–water partition coefficient (Wildman–Crippen LogP) is 4.18. The Morgan fingerprint density at radius 1 is 1.09 bits per heavy atom. The first-order valence-corrected chi connectivity index (χ1v) is 11.3. The van der Waals surface area contributed by atoms with E-state index in [-0.39, 0.29) is 12.6 Å². The van der Waals surface area contributed by atoms with Crippen LogP contribution in [0.2, 0.25) is 0 Å². The Kier molecular flexibility index (Phi) is 5.51. The molecule has 33 heavy (non-hydrogen) atoms. The molecule has 0 aromatic heterocycles. The molecule has 1 fully saturated rings. The fourth-order valence-electron chi connectivity index (χ4n) is 4.50. The summed E-state index contributed by atoms with van der Waals surface area (Å²) in [6.07, 6.45) is -0.384. The summed E-state index contributed by atoms with van der Waals surface area (Å²) in [6.45, 7) is 1.24. The highest BCUT2D eigenvalue weighted by Crippen LogP contribution is 2.42. The Balaban J connectivity index is 1.51. The summed E-state index contributed by atoms with van der Waals surface area (Å²) < 4.78 is 0.698. The van der Waals surface area contributed by atoms with Crippen molar-refractivity contribution in [2.45, 2.75) is 19.1 Å². The number of imide groups is 1. The van der Waals surface area contributed by atoms with Gasteiger partial charge in [-0.15, -0.1) is 5.06 Å².